The molecule has 0 spiro atoms. The average Bonchev–Trinajstić information content (AvgIpc) is 3.84. The second kappa shape index (κ2) is 13.4. The van der Waals surface area contributed by atoms with Crippen molar-refractivity contribution in [3.63, 3.8) is 0 Å². The van der Waals surface area contributed by atoms with Crippen LogP contribution >= 0.6 is 0 Å². The van der Waals surface area contributed by atoms with Crippen molar-refractivity contribution in [2.24, 2.45) is 40.4 Å². The lowest BCUT2D eigenvalue weighted by Gasteiger charge is -2.58. The Morgan fingerprint density at radius 3 is 1.93 bits per heavy atom. The van der Waals surface area contributed by atoms with Gasteiger partial charge < -0.3 is 19.3 Å². The Labute approximate surface area is 324 Å². The number of rotatable bonds is 7. The summed E-state index contributed by atoms with van der Waals surface area (Å²) in [4.78, 5) is 31.1. The van der Waals surface area contributed by atoms with Crippen LogP contribution in [0, 0.1) is 68.1 Å². The third kappa shape index (κ3) is 5.70. The van der Waals surface area contributed by atoms with E-state index in [1.165, 1.54) is 83.1 Å². The van der Waals surface area contributed by atoms with E-state index in [4.69, 9.17) is 9.47 Å². The quantitative estimate of drug-likeness (QED) is 0.209. The standard InChI is InChI=1S/C48H62N2O4/c1-27-21-33(22-28(2)43(27)49(7)8)34-23-29(3)44(30(4)24-34)50(9)40-16-15-38-37-14-13-35-26-36(17-19-47(35,5)39(37)18-20-48(38,40)6)54-46(52)42-32-12-11-31(25-32)41(42)45(51)53-10/h11-13,21-24,31-32,36-40H,14-20,25-26H2,1-10H3/t31?,32?,36-,37-,38-,39-,40-,47-,48-/m0/s1. The number of anilines is 2. The topological polar surface area (TPSA) is 59.1 Å². The molecule has 0 N–H and O–H groups in total. The molecule has 0 aliphatic heterocycles. The molecule has 54 heavy (non-hydrogen) atoms. The summed E-state index contributed by atoms with van der Waals surface area (Å²) in [5.74, 6) is 1.33. The normalized spacial score (nSPS) is 33.5. The first-order valence-corrected chi connectivity index (χ1v) is 20.7. The number of ether oxygens (including phenoxy) is 2. The minimum atomic E-state index is -0.393. The van der Waals surface area contributed by atoms with Gasteiger partial charge in [-0.1, -0.05) is 37.6 Å². The summed E-state index contributed by atoms with van der Waals surface area (Å²) < 4.78 is 11.3. The second-order valence-corrected chi connectivity index (χ2v) is 18.7. The summed E-state index contributed by atoms with van der Waals surface area (Å²) >= 11 is 0. The first-order valence-electron chi connectivity index (χ1n) is 20.7. The van der Waals surface area contributed by atoms with Crippen LogP contribution in [-0.2, 0) is 19.1 Å². The lowest BCUT2D eigenvalue weighted by atomic mass is 9.47. The maximum absolute atomic E-state index is 13.6. The van der Waals surface area contributed by atoms with Crippen molar-refractivity contribution in [2.45, 2.75) is 111 Å². The first-order chi connectivity index (χ1) is 25.7. The smallest absolute Gasteiger partial charge is 0.335 e. The summed E-state index contributed by atoms with van der Waals surface area (Å²) in [6.45, 7) is 14.2. The van der Waals surface area contributed by atoms with Gasteiger partial charge in [0.15, 0.2) is 0 Å². The SMILES string of the molecule is COC(=O)C1=C(C(=O)O[C@H]2CC[C@@]3(C)C(=CC[C@H]4[C@@H]5CC[C@H](N(C)c6c(C)cc(-c7cc(C)c(N(C)C)c(C)c7)cc6C)[C@@]5(C)CC[C@@H]43)C2)C2C=CC1C2. The largest absolute Gasteiger partial charge is 0.466 e. The van der Waals surface area contributed by atoms with Crippen molar-refractivity contribution in [1.29, 1.82) is 0 Å². The van der Waals surface area contributed by atoms with E-state index in [2.05, 4.69) is 109 Å². The Balaban J connectivity index is 0.980. The number of esters is 2. The van der Waals surface area contributed by atoms with Crippen molar-refractivity contribution in [2.75, 3.05) is 38.1 Å². The molecular formula is C48H62N2O4. The molecule has 2 aromatic carbocycles. The number of hydrogen-bond acceptors (Lipinski definition) is 6. The summed E-state index contributed by atoms with van der Waals surface area (Å²) in [5.41, 5.74) is 13.7. The van der Waals surface area contributed by atoms with Crippen molar-refractivity contribution < 1.29 is 19.1 Å². The molecule has 6 aliphatic carbocycles. The van der Waals surface area contributed by atoms with E-state index >= 15 is 0 Å². The monoisotopic (exact) mass is 730 g/mol. The number of fused-ring (bicyclic) bond motifs is 7. The minimum absolute atomic E-state index is 0.0243. The van der Waals surface area contributed by atoms with Crippen LogP contribution in [0.4, 0.5) is 11.4 Å². The van der Waals surface area contributed by atoms with Crippen LogP contribution in [0.1, 0.15) is 93.9 Å². The van der Waals surface area contributed by atoms with Gasteiger partial charge in [-0.15, -0.1) is 0 Å². The van der Waals surface area contributed by atoms with E-state index in [1.807, 2.05) is 6.08 Å². The van der Waals surface area contributed by atoms with Crippen LogP contribution in [0.25, 0.3) is 11.1 Å². The van der Waals surface area contributed by atoms with Gasteiger partial charge in [-0.3, -0.25) is 0 Å². The van der Waals surface area contributed by atoms with Crippen LogP contribution in [0.2, 0.25) is 0 Å². The van der Waals surface area contributed by atoms with Gasteiger partial charge in [-0.05, 0) is 165 Å². The average molecular weight is 731 g/mol. The van der Waals surface area contributed by atoms with Crippen LogP contribution in [0.3, 0.4) is 0 Å². The van der Waals surface area contributed by atoms with E-state index in [9.17, 15) is 9.59 Å². The zero-order valence-corrected chi connectivity index (χ0v) is 34.5. The fourth-order valence-corrected chi connectivity index (χ4v) is 13.4. The molecule has 0 saturated heterocycles. The number of aryl methyl sites for hydroxylation is 4. The molecule has 0 radical (unpaired) electrons. The molecule has 0 heterocycles. The Morgan fingerprint density at radius 1 is 0.741 bits per heavy atom. The molecule has 6 aliphatic rings. The summed E-state index contributed by atoms with van der Waals surface area (Å²) in [7, 11) is 8.03. The van der Waals surface area contributed by atoms with Gasteiger partial charge in [0.1, 0.15) is 6.10 Å². The molecule has 0 aromatic heterocycles. The van der Waals surface area contributed by atoms with E-state index in [1.54, 1.807) is 0 Å². The van der Waals surface area contributed by atoms with Gasteiger partial charge in [0, 0.05) is 56.8 Å². The number of methoxy groups -OCH3 is 1. The molecule has 2 unspecified atom stereocenters. The van der Waals surface area contributed by atoms with E-state index < -0.39 is 5.97 Å². The summed E-state index contributed by atoms with van der Waals surface area (Å²) in [6.07, 6.45) is 16.3. The molecule has 9 atom stereocenters. The number of nitrogens with zero attached hydrogens (tertiary/aromatic N) is 2. The first kappa shape index (κ1) is 37.1. The number of carbonyl (C=O) groups is 2. The molecular weight excluding hydrogens is 669 g/mol. The minimum Gasteiger partial charge on any atom is -0.466 e. The van der Waals surface area contributed by atoms with Crippen LogP contribution in [0.5, 0.6) is 0 Å². The van der Waals surface area contributed by atoms with Crippen molar-refractivity contribution in [3.05, 3.63) is 81.5 Å². The molecule has 3 fully saturated rings. The molecule has 6 heteroatoms. The fraction of sp³-hybridized carbons (Fsp3) is 0.583. The summed E-state index contributed by atoms with van der Waals surface area (Å²) in [6, 6.07) is 10.1. The van der Waals surface area contributed by atoms with Gasteiger partial charge in [0.25, 0.3) is 0 Å². The van der Waals surface area contributed by atoms with Crippen molar-refractivity contribution >= 4 is 23.3 Å². The molecule has 3 saturated carbocycles. The number of allylic oxidation sites excluding steroid dienone is 3. The maximum atomic E-state index is 13.6. The van der Waals surface area contributed by atoms with Crippen LogP contribution < -0.4 is 9.80 Å². The molecule has 2 aromatic rings. The highest BCUT2D eigenvalue weighted by molar-refractivity contribution is 6.03. The Kier molecular flexibility index (Phi) is 9.25. The molecule has 288 valence electrons. The highest BCUT2D eigenvalue weighted by atomic mass is 16.5. The van der Waals surface area contributed by atoms with Gasteiger partial charge in [-0.2, -0.15) is 0 Å². The Bertz CT molecular complexity index is 1940. The highest BCUT2D eigenvalue weighted by Crippen LogP contribution is 2.66. The van der Waals surface area contributed by atoms with Crippen molar-refractivity contribution in [1.82, 2.24) is 0 Å². The maximum Gasteiger partial charge on any atom is 0.335 e. The Hall–Kier alpha value is -3.80. The predicted molar refractivity (Wildman–Crippen MR) is 219 cm³/mol. The van der Waals surface area contributed by atoms with E-state index in [0.29, 0.717) is 34.9 Å². The molecule has 0 amide bonds. The molecule has 2 bridgehead atoms. The lowest BCUT2D eigenvalue weighted by molar-refractivity contribution is -0.148. The van der Waals surface area contributed by atoms with E-state index in [-0.39, 0.29) is 34.7 Å². The van der Waals surface area contributed by atoms with Crippen LogP contribution in [-0.4, -0.2) is 52.3 Å². The highest BCUT2D eigenvalue weighted by Gasteiger charge is 2.59. The second-order valence-electron chi connectivity index (χ2n) is 18.7. The zero-order chi connectivity index (χ0) is 38.4. The third-order valence-electron chi connectivity index (χ3n) is 15.6. The fourth-order valence-electron chi connectivity index (χ4n) is 13.4. The van der Waals surface area contributed by atoms with Crippen molar-refractivity contribution in [3.8, 4) is 11.1 Å². The lowest BCUT2D eigenvalue weighted by Crippen LogP contribution is -2.53. The molecule has 6 nitrogen and oxygen atoms in total. The van der Waals surface area contributed by atoms with Gasteiger partial charge >= 0.3 is 11.9 Å². The Morgan fingerprint density at radius 2 is 1.33 bits per heavy atom. The molecule has 8 rings (SSSR count). The van der Waals surface area contributed by atoms with E-state index in [0.717, 1.165) is 32.1 Å². The summed E-state index contributed by atoms with van der Waals surface area (Å²) in [5, 5.41) is 0. The third-order valence-corrected chi connectivity index (χ3v) is 15.6. The predicted octanol–water partition coefficient (Wildman–Crippen LogP) is 10.0. The van der Waals surface area contributed by atoms with Gasteiger partial charge in [-0.25, -0.2) is 9.59 Å². The van der Waals surface area contributed by atoms with Gasteiger partial charge in [0.05, 0.1) is 18.3 Å². The number of benzene rings is 2. The van der Waals surface area contributed by atoms with Gasteiger partial charge in [0.2, 0.25) is 0 Å². The number of carbonyl (C=O) groups excluding carboxylic acids is 2. The van der Waals surface area contributed by atoms with Crippen LogP contribution in [0.15, 0.2) is 59.2 Å². The zero-order valence-electron chi connectivity index (χ0n) is 34.5. The number of hydrogen-bond donors (Lipinski definition) is 0.